The summed E-state index contributed by atoms with van der Waals surface area (Å²) in [5.41, 5.74) is -0.144. The van der Waals surface area contributed by atoms with Crippen LogP contribution < -0.4 is 15.4 Å². The third-order valence-electron chi connectivity index (χ3n) is 4.21. The average molecular weight is 554 g/mol. The Kier molecular flexibility index (Phi) is 11.0. The van der Waals surface area contributed by atoms with Gasteiger partial charge in [0.25, 0.3) is 0 Å². The summed E-state index contributed by atoms with van der Waals surface area (Å²) in [5, 5.41) is 5.88. The van der Waals surface area contributed by atoms with Crippen LogP contribution in [0, 0.1) is 5.82 Å². The monoisotopic (exact) mass is 554 g/mol. The second kappa shape index (κ2) is 12.7. The van der Waals surface area contributed by atoms with Crippen LogP contribution in [0.1, 0.15) is 16.7 Å². The van der Waals surface area contributed by atoms with Gasteiger partial charge in [-0.25, -0.2) is 4.39 Å². The molecule has 0 fully saturated rings. The van der Waals surface area contributed by atoms with Crippen LogP contribution in [0.25, 0.3) is 0 Å². The molecule has 0 heterocycles. The van der Waals surface area contributed by atoms with Gasteiger partial charge in [0.15, 0.2) is 5.96 Å². The van der Waals surface area contributed by atoms with Crippen molar-refractivity contribution in [2.24, 2.45) is 4.99 Å². The number of guanidine groups is 1. The van der Waals surface area contributed by atoms with Crippen LogP contribution in [0.2, 0.25) is 0 Å². The van der Waals surface area contributed by atoms with Gasteiger partial charge in [-0.1, -0.05) is 18.2 Å². The van der Waals surface area contributed by atoms with Gasteiger partial charge < -0.3 is 20.3 Å². The van der Waals surface area contributed by atoms with E-state index in [1.54, 1.807) is 0 Å². The Balaban J connectivity index is 0.00000480. The van der Waals surface area contributed by atoms with Crippen molar-refractivity contribution in [1.82, 2.24) is 15.5 Å². The Labute approximate surface area is 196 Å². The fourth-order valence-corrected chi connectivity index (χ4v) is 2.64. The molecule has 10 heteroatoms. The van der Waals surface area contributed by atoms with E-state index in [1.165, 1.54) is 7.05 Å². The number of nitrogens with one attached hydrogen (secondary N) is 2. The number of benzene rings is 2. The Morgan fingerprint density at radius 2 is 1.77 bits per heavy atom. The Bertz CT molecular complexity index is 860. The minimum atomic E-state index is -4.64. The molecule has 31 heavy (non-hydrogen) atoms. The first kappa shape index (κ1) is 27.0. The minimum Gasteiger partial charge on any atom is -0.492 e. The van der Waals surface area contributed by atoms with E-state index in [4.69, 9.17) is 4.74 Å². The molecule has 0 aliphatic rings. The van der Waals surface area contributed by atoms with Crippen molar-refractivity contribution in [2.75, 3.05) is 34.3 Å². The summed E-state index contributed by atoms with van der Waals surface area (Å²) in [5.74, 6) is 0.132. The molecule has 0 saturated heterocycles. The highest BCUT2D eigenvalue weighted by Gasteiger charge is 2.33. The van der Waals surface area contributed by atoms with Crippen LogP contribution in [0.4, 0.5) is 17.6 Å². The summed E-state index contributed by atoms with van der Waals surface area (Å²) < 4.78 is 58.3. The summed E-state index contributed by atoms with van der Waals surface area (Å²) in [4.78, 5) is 6.04. The van der Waals surface area contributed by atoms with Crippen molar-refractivity contribution in [1.29, 1.82) is 0 Å². The Hall–Kier alpha value is -2.08. The first-order valence-corrected chi connectivity index (χ1v) is 9.35. The number of nitrogens with zero attached hydrogens (tertiary/aromatic N) is 2. The lowest BCUT2D eigenvalue weighted by Crippen LogP contribution is -2.36. The highest BCUT2D eigenvalue weighted by atomic mass is 127. The summed E-state index contributed by atoms with van der Waals surface area (Å²) >= 11 is 0. The number of hydrogen-bond acceptors (Lipinski definition) is 3. The summed E-state index contributed by atoms with van der Waals surface area (Å²) in [7, 11) is 5.45. The molecule has 2 aromatic rings. The molecule has 0 radical (unpaired) electrons. The molecular weight excluding hydrogens is 527 g/mol. The second-order valence-electron chi connectivity index (χ2n) is 6.88. The molecular formula is C21H27F4IN4O. The van der Waals surface area contributed by atoms with E-state index in [-0.39, 0.29) is 36.1 Å². The number of halogens is 5. The van der Waals surface area contributed by atoms with Crippen molar-refractivity contribution in [2.45, 2.75) is 19.3 Å². The average Bonchev–Trinajstić information content (AvgIpc) is 2.68. The van der Waals surface area contributed by atoms with Crippen LogP contribution in [0.3, 0.4) is 0 Å². The normalized spacial score (nSPS) is 11.8. The molecule has 0 saturated carbocycles. The highest BCUT2D eigenvalue weighted by molar-refractivity contribution is 14.0. The maximum Gasteiger partial charge on any atom is 0.416 e. The van der Waals surface area contributed by atoms with Crippen LogP contribution in [-0.4, -0.2) is 45.2 Å². The molecule has 2 N–H and O–H groups in total. The summed E-state index contributed by atoms with van der Waals surface area (Å²) in [6, 6.07) is 10.1. The number of aliphatic imine (C=N–C) groups is 1. The molecule has 5 nitrogen and oxygen atoms in total. The van der Waals surface area contributed by atoms with E-state index >= 15 is 0 Å². The van der Waals surface area contributed by atoms with Gasteiger partial charge in [0.1, 0.15) is 18.2 Å². The van der Waals surface area contributed by atoms with E-state index in [2.05, 4.69) is 15.6 Å². The topological polar surface area (TPSA) is 48.9 Å². The summed E-state index contributed by atoms with van der Waals surface area (Å²) in [6.07, 6.45) is -4.64. The number of alkyl halides is 3. The molecule has 0 spiro atoms. The van der Waals surface area contributed by atoms with Crippen molar-refractivity contribution >= 4 is 29.9 Å². The third kappa shape index (κ3) is 9.30. The Morgan fingerprint density at radius 3 is 2.42 bits per heavy atom. The van der Waals surface area contributed by atoms with Crippen molar-refractivity contribution < 1.29 is 22.3 Å². The highest BCUT2D eigenvalue weighted by Crippen LogP contribution is 2.32. The van der Waals surface area contributed by atoms with E-state index in [1.807, 2.05) is 43.3 Å². The molecule has 0 aliphatic carbocycles. The fraction of sp³-hybridized carbons (Fsp3) is 0.381. The van der Waals surface area contributed by atoms with Gasteiger partial charge in [0, 0.05) is 26.7 Å². The largest absolute Gasteiger partial charge is 0.492 e. The predicted octanol–water partition coefficient (Wildman–Crippen LogP) is 4.27. The fourth-order valence-electron chi connectivity index (χ4n) is 2.64. The maximum absolute atomic E-state index is 13.2. The van der Waals surface area contributed by atoms with Crippen molar-refractivity contribution in [3.05, 3.63) is 65.0 Å². The first-order chi connectivity index (χ1) is 14.2. The molecule has 0 atom stereocenters. The van der Waals surface area contributed by atoms with Crippen molar-refractivity contribution in [3.8, 4) is 5.75 Å². The Morgan fingerprint density at radius 1 is 1.06 bits per heavy atom. The van der Waals surface area contributed by atoms with E-state index < -0.39 is 17.6 Å². The lowest BCUT2D eigenvalue weighted by molar-refractivity contribution is -0.138. The van der Waals surface area contributed by atoms with Gasteiger partial charge in [-0.05, 0) is 49.5 Å². The van der Waals surface area contributed by atoms with Crippen molar-refractivity contribution in [3.63, 3.8) is 0 Å². The van der Waals surface area contributed by atoms with Gasteiger partial charge >= 0.3 is 6.18 Å². The smallest absolute Gasteiger partial charge is 0.416 e. The SMILES string of the molecule is CN=C(NCc1cccc(OCCN(C)C)c1)NCc1ccc(F)cc1C(F)(F)F.I. The van der Waals surface area contributed by atoms with Gasteiger partial charge in [0.2, 0.25) is 0 Å². The zero-order valence-electron chi connectivity index (χ0n) is 17.6. The van der Waals surface area contributed by atoms with Crippen LogP contribution in [-0.2, 0) is 19.3 Å². The molecule has 172 valence electrons. The second-order valence-corrected chi connectivity index (χ2v) is 6.88. The van der Waals surface area contributed by atoms with E-state index in [0.717, 1.165) is 30.0 Å². The van der Waals surface area contributed by atoms with Crippen LogP contribution >= 0.6 is 24.0 Å². The number of likely N-dealkylation sites (N-methyl/N-ethyl adjacent to an activating group) is 1. The van der Waals surface area contributed by atoms with E-state index in [0.29, 0.717) is 25.2 Å². The molecule has 2 aromatic carbocycles. The lowest BCUT2D eigenvalue weighted by atomic mass is 10.1. The van der Waals surface area contributed by atoms with Gasteiger partial charge in [-0.15, -0.1) is 24.0 Å². The van der Waals surface area contributed by atoms with Crippen LogP contribution in [0.5, 0.6) is 5.75 Å². The standard InChI is InChI=1S/C21H26F4N4O.HI/c1-26-20(28-14-16-7-8-17(22)12-19(16)21(23,24)25)27-13-15-5-4-6-18(11-15)30-10-9-29(2)3;/h4-8,11-12H,9-10,13-14H2,1-3H3,(H2,26,27,28);1H. The number of ether oxygens (including phenoxy) is 1. The van der Waals surface area contributed by atoms with Gasteiger partial charge in [-0.2, -0.15) is 13.2 Å². The quantitative estimate of drug-likeness (QED) is 0.222. The molecule has 0 aromatic heterocycles. The first-order valence-electron chi connectivity index (χ1n) is 9.35. The molecule has 0 bridgehead atoms. The predicted molar refractivity (Wildman–Crippen MR) is 124 cm³/mol. The molecule has 2 rings (SSSR count). The zero-order chi connectivity index (χ0) is 22.1. The zero-order valence-corrected chi connectivity index (χ0v) is 19.9. The van der Waals surface area contributed by atoms with E-state index in [9.17, 15) is 17.6 Å². The number of rotatable bonds is 8. The number of hydrogen-bond donors (Lipinski definition) is 2. The molecule has 0 unspecified atom stereocenters. The minimum absolute atomic E-state index is 0. The lowest BCUT2D eigenvalue weighted by Gasteiger charge is -2.16. The summed E-state index contributed by atoms with van der Waals surface area (Å²) in [6.45, 7) is 1.61. The third-order valence-corrected chi connectivity index (χ3v) is 4.21. The maximum atomic E-state index is 13.2. The van der Waals surface area contributed by atoms with Gasteiger partial charge in [0.05, 0.1) is 5.56 Å². The van der Waals surface area contributed by atoms with Gasteiger partial charge in [-0.3, -0.25) is 4.99 Å². The van der Waals surface area contributed by atoms with Crippen LogP contribution in [0.15, 0.2) is 47.5 Å². The molecule has 0 aliphatic heterocycles. The molecule has 0 amide bonds.